The maximum atomic E-state index is 13.1. The summed E-state index contributed by atoms with van der Waals surface area (Å²) in [6.07, 6.45) is -1.14. The first kappa shape index (κ1) is 15.9. The normalized spacial score (nSPS) is 22.1. The Morgan fingerprint density at radius 3 is 2.38 bits per heavy atom. The van der Waals surface area contributed by atoms with Crippen LogP contribution in [-0.4, -0.2) is 23.8 Å². The van der Waals surface area contributed by atoms with E-state index in [2.05, 4.69) is 5.32 Å². The van der Waals surface area contributed by atoms with Gasteiger partial charge in [-0.15, -0.1) is 0 Å². The van der Waals surface area contributed by atoms with Crippen LogP contribution in [0.4, 0.5) is 14.9 Å². The fourth-order valence-corrected chi connectivity index (χ4v) is 3.11. The monoisotopic (exact) mass is 354 g/mol. The van der Waals surface area contributed by atoms with Crippen LogP contribution in [0, 0.1) is 11.7 Å². The zero-order valence-electron chi connectivity index (χ0n) is 13.1. The zero-order valence-corrected chi connectivity index (χ0v) is 13.1. The molecular formula is C18H11FN2O5. The number of halogens is 1. The molecule has 0 spiro atoms. The lowest BCUT2D eigenvalue weighted by molar-refractivity contribution is -0.139. The molecule has 1 N–H and O–H groups in total. The van der Waals surface area contributed by atoms with Gasteiger partial charge in [0, 0.05) is 5.56 Å². The topological polar surface area (TPSA) is 92.8 Å². The minimum atomic E-state index is -1.43. The lowest BCUT2D eigenvalue weighted by Crippen LogP contribution is -2.59. The molecule has 2 aromatic rings. The third-order valence-electron chi connectivity index (χ3n) is 4.31. The second-order valence-corrected chi connectivity index (χ2v) is 5.84. The number of esters is 1. The summed E-state index contributed by atoms with van der Waals surface area (Å²) < 4.78 is 18.4. The van der Waals surface area contributed by atoms with E-state index < -0.39 is 41.7 Å². The Balaban J connectivity index is 1.74. The fraction of sp³-hybridized carbons (Fsp3) is 0.111. The first-order valence-electron chi connectivity index (χ1n) is 7.71. The van der Waals surface area contributed by atoms with Gasteiger partial charge in [0.1, 0.15) is 11.9 Å². The van der Waals surface area contributed by atoms with Crippen LogP contribution in [-0.2, 0) is 14.3 Å². The van der Waals surface area contributed by atoms with E-state index in [9.17, 15) is 23.6 Å². The van der Waals surface area contributed by atoms with Gasteiger partial charge >= 0.3 is 12.0 Å². The van der Waals surface area contributed by atoms with Gasteiger partial charge in [-0.05, 0) is 30.3 Å². The second-order valence-electron chi connectivity index (χ2n) is 5.84. The van der Waals surface area contributed by atoms with E-state index in [0.717, 1.165) is 17.0 Å². The number of fused-ring (bicyclic) bond motifs is 1. The summed E-state index contributed by atoms with van der Waals surface area (Å²) in [6.45, 7) is 0. The number of urea groups is 1. The standard InChI is InChI=1S/C18H11FN2O5/c19-9-5-7-10(8-6-9)21-16(23)13(15(22)20-18(21)25)14-11-3-1-2-4-12(11)17(24)26-14/h1-8,13-14H,(H,20,22,25). The zero-order chi connectivity index (χ0) is 18.4. The molecule has 2 aliphatic heterocycles. The maximum Gasteiger partial charge on any atom is 0.339 e. The van der Waals surface area contributed by atoms with Crippen molar-refractivity contribution in [2.24, 2.45) is 5.92 Å². The highest BCUT2D eigenvalue weighted by Crippen LogP contribution is 2.38. The molecule has 0 saturated carbocycles. The summed E-state index contributed by atoms with van der Waals surface area (Å²) in [5, 5.41) is 2.09. The van der Waals surface area contributed by atoms with E-state index in [1.807, 2.05) is 0 Å². The van der Waals surface area contributed by atoms with Crippen molar-refractivity contribution in [2.75, 3.05) is 4.90 Å². The van der Waals surface area contributed by atoms with E-state index >= 15 is 0 Å². The molecule has 4 rings (SSSR count). The van der Waals surface area contributed by atoms with Crippen molar-refractivity contribution in [1.29, 1.82) is 0 Å². The van der Waals surface area contributed by atoms with Crippen molar-refractivity contribution in [3.8, 4) is 0 Å². The number of barbiturate groups is 1. The van der Waals surface area contributed by atoms with Gasteiger partial charge in [0.2, 0.25) is 5.91 Å². The summed E-state index contributed by atoms with van der Waals surface area (Å²) in [5.74, 6) is -4.31. The largest absolute Gasteiger partial charge is 0.452 e. The molecule has 0 aliphatic carbocycles. The van der Waals surface area contributed by atoms with Crippen molar-refractivity contribution in [3.05, 3.63) is 65.5 Å². The van der Waals surface area contributed by atoms with E-state index in [0.29, 0.717) is 5.56 Å². The summed E-state index contributed by atoms with van der Waals surface area (Å²) in [4.78, 5) is 50.1. The average molecular weight is 354 g/mol. The first-order valence-corrected chi connectivity index (χ1v) is 7.71. The quantitative estimate of drug-likeness (QED) is 0.657. The highest BCUT2D eigenvalue weighted by molar-refractivity contribution is 6.28. The second kappa shape index (κ2) is 5.76. The van der Waals surface area contributed by atoms with Crippen LogP contribution in [0.3, 0.4) is 0 Å². The van der Waals surface area contributed by atoms with Gasteiger partial charge in [-0.1, -0.05) is 18.2 Å². The van der Waals surface area contributed by atoms with Crippen LogP contribution in [0.15, 0.2) is 48.5 Å². The van der Waals surface area contributed by atoms with Crippen LogP contribution in [0.2, 0.25) is 0 Å². The summed E-state index contributed by atoms with van der Waals surface area (Å²) in [5.41, 5.74) is 0.770. The van der Waals surface area contributed by atoms with Crippen molar-refractivity contribution in [3.63, 3.8) is 0 Å². The molecule has 2 heterocycles. The number of hydrogen-bond acceptors (Lipinski definition) is 5. The Bertz CT molecular complexity index is 956. The van der Waals surface area contributed by atoms with E-state index in [-0.39, 0.29) is 11.3 Å². The maximum absolute atomic E-state index is 13.1. The Labute approximate surface area is 146 Å². The van der Waals surface area contributed by atoms with Crippen LogP contribution < -0.4 is 10.2 Å². The molecule has 0 aromatic heterocycles. The van der Waals surface area contributed by atoms with Crippen molar-refractivity contribution in [1.82, 2.24) is 5.32 Å². The highest BCUT2D eigenvalue weighted by Gasteiger charge is 2.50. The molecule has 7 nitrogen and oxygen atoms in total. The predicted octanol–water partition coefficient (Wildman–Crippen LogP) is 1.94. The SMILES string of the molecule is O=C1OC(C2C(=O)NC(=O)N(c3ccc(F)cc3)C2=O)c2ccccc21. The van der Waals surface area contributed by atoms with Gasteiger partial charge in [-0.3, -0.25) is 14.9 Å². The number of amides is 4. The number of imide groups is 2. The molecule has 8 heteroatoms. The lowest BCUT2D eigenvalue weighted by Gasteiger charge is -2.32. The number of nitrogens with one attached hydrogen (secondary N) is 1. The van der Waals surface area contributed by atoms with Gasteiger partial charge < -0.3 is 4.74 Å². The van der Waals surface area contributed by atoms with Crippen LogP contribution in [0.25, 0.3) is 0 Å². The molecule has 2 unspecified atom stereocenters. The molecule has 2 atom stereocenters. The van der Waals surface area contributed by atoms with Gasteiger partial charge in [0.25, 0.3) is 5.91 Å². The summed E-state index contributed by atoms with van der Waals surface area (Å²) in [6, 6.07) is 10.1. The van der Waals surface area contributed by atoms with Gasteiger partial charge in [-0.2, -0.15) is 0 Å². The molecular weight excluding hydrogens is 343 g/mol. The Morgan fingerprint density at radius 1 is 0.962 bits per heavy atom. The Hall–Kier alpha value is -3.55. The number of hydrogen-bond donors (Lipinski definition) is 1. The number of benzene rings is 2. The molecule has 130 valence electrons. The van der Waals surface area contributed by atoms with E-state index in [1.165, 1.54) is 18.2 Å². The number of carbonyl (C=O) groups is 4. The number of cyclic esters (lactones) is 1. The molecule has 1 saturated heterocycles. The summed E-state index contributed by atoms with van der Waals surface area (Å²) >= 11 is 0. The van der Waals surface area contributed by atoms with Crippen molar-refractivity contribution < 1.29 is 28.3 Å². The van der Waals surface area contributed by atoms with Crippen LogP contribution in [0.5, 0.6) is 0 Å². The van der Waals surface area contributed by atoms with Gasteiger partial charge in [0.15, 0.2) is 5.92 Å². The summed E-state index contributed by atoms with van der Waals surface area (Å²) in [7, 11) is 0. The smallest absolute Gasteiger partial charge is 0.339 e. The molecule has 26 heavy (non-hydrogen) atoms. The van der Waals surface area contributed by atoms with E-state index in [4.69, 9.17) is 4.74 Å². The highest BCUT2D eigenvalue weighted by atomic mass is 19.1. The van der Waals surface area contributed by atoms with Gasteiger partial charge in [-0.25, -0.2) is 18.9 Å². The van der Waals surface area contributed by atoms with Crippen molar-refractivity contribution in [2.45, 2.75) is 6.10 Å². The van der Waals surface area contributed by atoms with Crippen molar-refractivity contribution >= 4 is 29.5 Å². The third kappa shape index (κ3) is 2.34. The Morgan fingerprint density at radius 2 is 1.65 bits per heavy atom. The predicted molar refractivity (Wildman–Crippen MR) is 85.5 cm³/mol. The number of nitrogens with zero attached hydrogens (tertiary/aromatic N) is 1. The Kier molecular flexibility index (Phi) is 3.54. The number of anilines is 1. The molecule has 0 radical (unpaired) electrons. The van der Waals surface area contributed by atoms with E-state index in [1.54, 1.807) is 18.2 Å². The molecule has 4 amide bonds. The lowest BCUT2D eigenvalue weighted by atomic mass is 9.91. The molecule has 1 fully saturated rings. The first-order chi connectivity index (χ1) is 12.5. The average Bonchev–Trinajstić information content (AvgIpc) is 2.93. The minimum absolute atomic E-state index is 0.101. The number of rotatable bonds is 2. The van der Waals surface area contributed by atoms with Gasteiger partial charge in [0.05, 0.1) is 11.3 Å². The fourth-order valence-electron chi connectivity index (χ4n) is 3.11. The van der Waals surface area contributed by atoms with Crippen LogP contribution in [0.1, 0.15) is 22.0 Å². The molecule has 0 bridgehead atoms. The third-order valence-corrected chi connectivity index (χ3v) is 4.31. The number of carbonyl (C=O) groups excluding carboxylic acids is 4. The number of ether oxygens (including phenoxy) is 1. The molecule has 2 aromatic carbocycles. The minimum Gasteiger partial charge on any atom is -0.452 e. The molecule has 2 aliphatic rings. The van der Waals surface area contributed by atoms with Crippen LogP contribution >= 0.6 is 0 Å².